The van der Waals surface area contributed by atoms with Gasteiger partial charge in [-0.15, -0.1) is 23.3 Å². The average Bonchev–Trinajstić information content (AvgIpc) is 3.28. The smallest absolute Gasteiger partial charge is 0.125 e. The van der Waals surface area contributed by atoms with Gasteiger partial charge in [-0.05, 0) is 31.0 Å². The van der Waals surface area contributed by atoms with Gasteiger partial charge in [-0.3, -0.25) is 4.98 Å². The van der Waals surface area contributed by atoms with E-state index in [2.05, 4.69) is 67.9 Å². The fraction of sp³-hybridized carbons (Fsp3) is 0.125. The molecular formula is C24H20IrN5-. The van der Waals surface area contributed by atoms with Gasteiger partial charge in [-0.2, -0.15) is 5.10 Å². The first-order chi connectivity index (χ1) is 14.1. The van der Waals surface area contributed by atoms with E-state index in [1.54, 1.807) is 0 Å². The van der Waals surface area contributed by atoms with Crippen LogP contribution in [0.25, 0.3) is 39.2 Å². The molecule has 5 nitrogen and oxygen atoms in total. The molecule has 3 aromatic carbocycles. The van der Waals surface area contributed by atoms with Gasteiger partial charge >= 0.3 is 0 Å². The molecule has 0 saturated carbocycles. The molecule has 1 radical (unpaired) electrons. The summed E-state index contributed by atoms with van der Waals surface area (Å²) in [5, 5.41) is 8.92. The molecule has 151 valence electrons. The molecule has 0 aliphatic carbocycles. The fourth-order valence-corrected chi connectivity index (χ4v) is 3.79. The molecule has 0 aliphatic rings. The number of fused-ring (bicyclic) bond motifs is 1. The number of aryl methyl sites for hydroxylation is 3. The van der Waals surface area contributed by atoms with E-state index in [1.165, 1.54) is 0 Å². The molecule has 0 fully saturated rings. The summed E-state index contributed by atoms with van der Waals surface area (Å²) < 4.78 is 4.18. The summed E-state index contributed by atoms with van der Waals surface area (Å²) in [7, 11) is 2.02. The van der Waals surface area contributed by atoms with Crippen molar-refractivity contribution in [2.45, 2.75) is 13.8 Å². The van der Waals surface area contributed by atoms with Gasteiger partial charge in [0, 0.05) is 43.9 Å². The Morgan fingerprint density at radius 3 is 2.37 bits per heavy atom. The third-order valence-electron chi connectivity index (χ3n) is 5.35. The summed E-state index contributed by atoms with van der Waals surface area (Å²) in [6.07, 6.45) is 0. The molecule has 2 heterocycles. The molecule has 30 heavy (non-hydrogen) atoms. The first kappa shape index (κ1) is 20.2. The Labute approximate surface area is 188 Å². The quantitative estimate of drug-likeness (QED) is 0.290. The fourth-order valence-electron chi connectivity index (χ4n) is 3.79. The summed E-state index contributed by atoms with van der Waals surface area (Å²) in [6, 6.07) is 26.0. The van der Waals surface area contributed by atoms with Gasteiger partial charge in [0.15, 0.2) is 0 Å². The topological polar surface area (TPSA) is 48.5 Å². The van der Waals surface area contributed by atoms with Gasteiger partial charge < -0.3 is 9.13 Å². The molecule has 0 bridgehead atoms. The van der Waals surface area contributed by atoms with Crippen molar-refractivity contribution in [1.29, 1.82) is 0 Å². The molecule has 0 atom stereocenters. The normalized spacial score (nSPS) is 10.9. The molecule has 0 amide bonds. The van der Waals surface area contributed by atoms with Crippen LogP contribution in [0.1, 0.15) is 11.6 Å². The van der Waals surface area contributed by atoms with Crippen LogP contribution in [-0.2, 0) is 27.2 Å². The van der Waals surface area contributed by atoms with Gasteiger partial charge in [-0.1, -0.05) is 54.1 Å². The number of imidazole rings is 1. The van der Waals surface area contributed by atoms with Crippen molar-refractivity contribution < 1.29 is 20.1 Å². The number of benzene rings is 3. The monoisotopic (exact) mass is 571 g/mol. The SMILES string of the molecule is Cc1nnc(-c2[c-]ccc3c2nc(C)n3C)n1-c1ccccc1-c1ccccc1.[Ir]. The summed E-state index contributed by atoms with van der Waals surface area (Å²) in [6.45, 7) is 3.98. The van der Waals surface area contributed by atoms with Crippen molar-refractivity contribution in [2.75, 3.05) is 0 Å². The molecule has 0 spiro atoms. The van der Waals surface area contributed by atoms with Crippen molar-refractivity contribution >= 4 is 11.0 Å². The van der Waals surface area contributed by atoms with Gasteiger partial charge in [0.25, 0.3) is 0 Å². The first-order valence-corrected chi connectivity index (χ1v) is 9.56. The van der Waals surface area contributed by atoms with Crippen LogP contribution in [0.3, 0.4) is 0 Å². The van der Waals surface area contributed by atoms with Gasteiger partial charge in [0.05, 0.1) is 11.6 Å². The second-order valence-electron chi connectivity index (χ2n) is 7.09. The Hall–Kier alpha value is -3.08. The summed E-state index contributed by atoms with van der Waals surface area (Å²) in [5.74, 6) is 2.52. The first-order valence-electron chi connectivity index (χ1n) is 9.56. The number of rotatable bonds is 3. The Balaban J connectivity index is 0.00000218. The molecule has 0 aliphatic heterocycles. The predicted molar refractivity (Wildman–Crippen MR) is 115 cm³/mol. The van der Waals surface area contributed by atoms with Crippen molar-refractivity contribution in [3.8, 4) is 28.2 Å². The number of para-hydroxylation sites is 1. The molecule has 5 rings (SSSR count). The zero-order chi connectivity index (χ0) is 20.0. The van der Waals surface area contributed by atoms with Crippen molar-refractivity contribution in [3.63, 3.8) is 0 Å². The third-order valence-corrected chi connectivity index (χ3v) is 5.35. The molecule has 0 saturated heterocycles. The van der Waals surface area contributed by atoms with E-state index in [1.807, 2.05) is 45.2 Å². The minimum atomic E-state index is 0. The van der Waals surface area contributed by atoms with E-state index in [9.17, 15) is 0 Å². The van der Waals surface area contributed by atoms with E-state index in [0.717, 1.165) is 50.9 Å². The predicted octanol–water partition coefficient (Wildman–Crippen LogP) is 4.90. The van der Waals surface area contributed by atoms with Crippen LogP contribution in [0.4, 0.5) is 0 Å². The van der Waals surface area contributed by atoms with E-state index >= 15 is 0 Å². The largest absolute Gasteiger partial charge is 0.349 e. The Kier molecular flexibility index (Phi) is 5.37. The molecule has 0 N–H and O–H groups in total. The van der Waals surface area contributed by atoms with E-state index in [4.69, 9.17) is 4.98 Å². The number of aromatic nitrogens is 5. The average molecular weight is 571 g/mol. The van der Waals surface area contributed by atoms with Gasteiger partial charge in [0.2, 0.25) is 0 Å². The van der Waals surface area contributed by atoms with Crippen LogP contribution in [0.15, 0.2) is 66.7 Å². The Morgan fingerprint density at radius 1 is 0.833 bits per heavy atom. The standard InChI is InChI=1S/C24H20N5.Ir/c1-16-25-23-20(13-9-15-22(23)28(16)3)24-27-26-17(2)29(24)21-14-8-7-12-19(21)18-10-5-4-6-11-18;/h4-12,14-15H,1-3H3;/q-1;. The second-order valence-corrected chi connectivity index (χ2v) is 7.09. The molecule has 2 aromatic heterocycles. The zero-order valence-corrected chi connectivity index (χ0v) is 19.3. The minimum Gasteiger partial charge on any atom is -0.349 e. The molecular weight excluding hydrogens is 551 g/mol. The van der Waals surface area contributed by atoms with E-state index in [0.29, 0.717) is 0 Å². The molecule has 6 heteroatoms. The van der Waals surface area contributed by atoms with Crippen molar-refractivity contribution in [3.05, 3.63) is 84.4 Å². The van der Waals surface area contributed by atoms with Gasteiger partial charge in [-0.25, -0.2) is 0 Å². The van der Waals surface area contributed by atoms with Crippen LogP contribution in [0.2, 0.25) is 0 Å². The Bertz CT molecular complexity index is 1330. The van der Waals surface area contributed by atoms with Crippen molar-refractivity contribution in [2.24, 2.45) is 7.05 Å². The molecule has 5 aromatic rings. The van der Waals surface area contributed by atoms with Gasteiger partial charge in [0.1, 0.15) is 5.82 Å². The number of hydrogen-bond donors (Lipinski definition) is 0. The van der Waals surface area contributed by atoms with E-state index in [-0.39, 0.29) is 20.1 Å². The molecule has 0 unspecified atom stereocenters. The van der Waals surface area contributed by atoms with Crippen LogP contribution in [-0.4, -0.2) is 24.3 Å². The van der Waals surface area contributed by atoms with Crippen LogP contribution in [0, 0.1) is 19.9 Å². The number of nitrogens with zero attached hydrogens (tertiary/aromatic N) is 5. The van der Waals surface area contributed by atoms with Crippen LogP contribution >= 0.6 is 0 Å². The number of hydrogen-bond acceptors (Lipinski definition) is 3. The maximum absolute atomic E-state index is 4.76. The Morgan fingerprint density at radius 2 is 1.57 bits per heavy atom. The summed E-state index contributed by atoms with van der Waals surface area (Å²) in [5.41, 5.74) is 6.11. The van der Waals surface area contributed by atoms with E-state index < -0.39 is 0 Å². The zero-order valence-electron chi connectivity index (χ0n) is 16.9. The summed E-state index contributed by atoms with van der Waals surface area (Å²) in [4.78, 5) is 4.76. The second kappa shape index (κ2) is 7.98. The third kappa shape index (κ3) is 3.18. The maximum Gasteiger partial charge on any atom is 0.125 e. The summed E-state index contributed by atoms with van der Waals surface area (Å²) >= 11 is 0. The maximum atomic E-state index is 4.76. The van der Waals surface area contributed by atoms with Crippen LogP contribution < -0.4 is 0 Å². The van der Waals surface area contributed by atoms with Crippen LogP contribution in [0.5, 0.6) is 0 Å². The minimum absolute atomic E-state index is 0. The van der Waals surface area contributed by atoms with Crippen molar-refractivity contribution in [1.82, 2.24) is 24.3 Å².